The Hall–Kier alpha value is -4.18. The lowest BCUT2D eigenvalue weighted by Gasteiger charge is -2.22. The Morgan fingerprint density at radius 1 is 0.879 bits per heavy atom. The molecule has 162 valence electrons. The molecule has 0 bridgehead atoms. The molecule has 1 unspecified atom stereocenters. The number of pyridine rings is 1. The van der Waals surface area contributed by atoms with Crippen molar-refractivity contribution in [2.75, 3.05) is 6.54 Å². The number of dihydropyridines is 1. The van der Waals surface area contributed by atoms with E-state index < -0.39 is 0 Å². The van der Waals surface area contributed by atoms with Crippen LogP contribution in [0.2, 0.25) is 0 Å². The van der Waals surface area contributed by atoms with E-state index in [2.05, 4.69) is 17.1 Å². The van der Waals surface area contributed by atoms with E-state index in [9.17, 15) is 4.79 Å². The van der Waals surface area contributed by atoms with Crippen LogP contribution in [0.5, 0.6) is 11.5 Å². The summed E-state index contributed by atoms with van der Waals surface area (Å²) in [6, 6.07) is 29.5. The fraction of sp³-hybridized carbons (Fsp3) is 0.103. The zero-order chi connectivity index (χ0) is 22.5. The summed E-state index contributed by atoms with van der Waals surface area (Å²) in [7, 11) is 0. The highest BCUT2D eigenvalue weighted by molar-refractivity contribution is 5.87. The SMILES string of the molecule is O=c1ccn(-c2ccccc2Oc2ccccc2)cc1C1=CC=NCC1Cc1ccccc1. The predicted octanol–water partition coefficient (Wildman–Crippen LogP) is 5.96. The van der Waals surface area contributed by atoms with Crippen molar-refractivity contribution in [1.29, 1.82) is 0 Å². The maximum Gasteiger partial charge on any atom is 0.189 e. The molecule has 4 heteroatoms. The van der Waals surface area contributed by atoms with Crippen LogP contribution in [0.1, 0.15) is 11.1 Å². The summed E-state index contributed by atoms with van der Waals surface area (Å²) >= 11 is 0. The monoisotopic (exact) mass is 432 g/mol. The highest BCUT2D eigenvalue weighted by atomic mass is 16.5. The Morgan fingerprint density at radius 2 is 1.61 bits per heavy atom. The summed E-state index contributed by atoms with van der Waals surface area (Å²) in [5.74, 6) is 1.63. The van der Waals surface area contributed by atoms with Gasteiger partial charge >= 0.3 is 0 Å². The van der Waals surface area contributed by atoms with Gasteiger partial charge in [-0.1, -0.05) is 60.7 Å². The third-order valence-corrected chi connectivity index (χ3v) is 5.80. The number of hydrogen-bond donors (Lipinski definition) is 0. The highest BCUT2D eigenvalue weighted by Gasteiger charge is 2.21. The van der Waals surface area contributed by atoms with Crippen LogP contribution in [-0.2, 0) is 6.42 Å². The van der Waals surface area contributed by atoms with Crippen LogP contribution in [0.3, 0.4) is 0 Å². The maximum atomic E-state index is 12.9. The maximum absolute atomic E-state index is 12.9. The lowest BCUT2D eigenvalue weighted by atomic mass is 9.86. The average Bonchev–Trinajstić information content (AvgIpc) is 2.87. The van der Waals surface area contributed by atoms with Gasteiger partial charge in [-0.05, 0) is 47.9 Å². The first-order valence-electron chi connectivity index (χ1n) is 11.1. The average molecular weight is 433 g/mol. The minimum Gasteiger partial charge on any atom is -0.455 e. The van der Waals surface area contributed by atoms with Crippen LogP contribution in [-0.4, -0.2) is 17.3 Å². The van der Waals surface area contributed by atoms with Crippen LogP contribution in [0, 0.1) is 5.92 Å². The third-order valence-electron chi connectivity index (χ3n) is 5.80. The van der Waals surface area contributed by atoms with Gasteiger partial charge < -0.3 is 9.30 Å². The van der Waals surface area contributed by atoms with Crippen molar-refractivity contribution in [1.82, 2.24) is 4.57 Å². The van der Waals surface area contributed by atoms with Crippen molar-refractivity contribution in [2.45, 2.75) is 6.42 Å². The molecular formula is C29H24N2O2. The summed E-state index contributed by atoms with van der Waals surface area (Å²) in [4.78, 5) is 17.4. The van der Waals surface area contributed by atoms with E-state index in [-0.39, 0.29) is 11.3 Å². The van der Waals surface area contributed by atoms with Gasteiger partial charge in [-0.25, -0.2) is 0 Å². The highest BCUT2D eigenvalue weighted by Crippen LogP contribution is 2.30. The minimum atomic E-state index is 0.00678. The van der Waals surface area contributed by atoms with E-state index in [0.29, 0.717) is 12.1 Å². The molecule has 0 saturated heterocycles. The third kappa shape index (κ3) is 4.70. The summed E-state index contributed by atoms with van der Waals surface area (Å²) in [6.07, 6.45) is 8.33. The van der Waals surface area contributed by atoms with Gasteiger partial charge in [0.1, 0.15) is 5.75 Å². The van der Waals surface area contributed by atoms with Gasteiger partial charge in [0.25, 0.3) is 0 Å². The van der Waals surface area contributed by atoms with Gasteiger partial charge in [0.05, 0.1) is 5.69 Å². The molecule has 4 aromatic rings. The number of aliphatic imine (C=N–C) groups is 1. The van der Waals surface area contributed by atoms with E-state index in [1.807, 2.05) is 89.6 Å². The first-order chi connectivity index (χ1) is 16.3. The molecule has 2 heterocycles. The number of rotatable bonds is 6. The molecule has 0 amide bonds. The zero-order valence-corrected chi connectivity index (χ0v) is 18.2. The number of nitrogens with zero attached hydrogens (tertiary/aromatic N) is 2. The Labute approximate surface area is 193 Å². The van der Waals surface area contributed by atoms with Gasteiger partial charge in [-0.15, -0.1) is 0 Å². The molecule has 0 fully saturated rings. The minimum absolute atomic E-state index is 0.00678. The second-order valence-electron chi connectivity index (χ2n) is 8.04. The van der Waals surface area contributed by atoms with Crippen LogP contribution in [0.4, 0.5) is 0 Å². The molecule has 0 saturated carbocycles. The van der Waals surface area contributed by atoms with Gasteiger partial charge in [0.2, 0.25) is 0 Å². The van der Waals surface area contributed by atoms with E-state index in [1.54, 1.807) is 18.5 Å². The molecule has 1 aliphatic rings. The number of allylic oxidation sites excluding steroid dienone is 1. The number of para-hydroxylation sites is 3. The predicted molar refractivity (Wildman–Crippen MR) is 134 cm³/mol. The number of hydrogen-bond acceptors (Lipinski definition) is 3. The van der Waals surface area contributed by atoms with Gasteiger partial charge in [-0.2, -0.15) is 0 Å². The summed E-state index contributed by atoms with van der Waals surface area (Å²) in [5.41, 5.74) is 3.83. The first kappa shape index (κ1) is 20.7. The quantitative estimate of drug-likeness (QED) is 0.377. The molecule has 1 atom stereocenters. The molecule has 1 aromatic heterocycles. The summed E-state index contributed by atoms with van der Waals surface area (Å²) in [6.45, 7) is 0.669. The Balaban J connectivity index is 1.51. The number of aromatic nitrogens is 1. The van der Waals surface area contributed by atoms with Crippen LogP contribution in [0.15, 0.2) is 119 Å². The molecule has 3 aromatic carbocycles. The van der Waals surface area contributed by atoms with Gasteiger partial charge in [-0.3, -0.25) is 9.79 Å². The fourth-order valence-electron chi connectivity index (χ4n) is 4.16. The van der Waals surface area contributed by atoms with Crippen LogP contribution >= 0.6 is 0 Å². The van der Waals surface area contributed by atoms with Gasteiger partial charge in [0.15, 0.2) is 11.2 Å². The summed E-state index contributed by atoms with van der Waals surface area (Å²) < 4.78 is 8.10. The second-order valence-corrected chi connectivity index (χ2v) is 8.04. The van der Waals surface area contributed by atoms with Crippen molar-refractivity contribution in [3.8, 4) is 17.2 Å². The van der Waals surface area contributed by atoms with Crippen molar-refractivity contribution < 1.29 is 4.74 Å². The van der Waals surface area contributed by atoms with Crippen molar-refractivity contribution in [3.05, 3.63) is 131 Å². The topological polar surface area (TPSA) is 43.6 Å². The fourth-order valence-corrected chi connectivity index (χ4v) is 4.16. The van der Waals surface area contributed by atoms with Crippen LogP contribution in [0.25, 0.3) is 11.3 Å². The van der Waals surface area contributed by atoms with Crippen molar-refractivity contribution >= 4 is 11.8 Å². The molecule has 0 N–H and O–H groups in total. The van der Waals surface area contributed by atoms with Crippen molar-refractivity contribution in [2.24, 2.45) is 10.9 Å². The first-order valence-corrected chi connectivity index (χ1v) is 11.1. The van der Waals surface area contributed by atoms with E-state index in [1.165, 1.54) is 5.56 Å². The Kier molecular flexibility index (Phi) is 5.98. The molecule has 4 nitrogen and oxygen atoms in total. The Bertz CT molecular complexity index is 1360. The lowest BCUT2D eigenvalue weighted by Crippen LogP contribution is -2.20. The molecule has 0 radical (unpaired) electrons. The lowest BCUT2D eigenvalue weighted by molar-refractivity contribution is 0.480. The number of benzene rings is 3. The van der Waals surface area contributed by atoms with Gasteiger partial charge in [0, 0.05) is 42.7 Å². The second kappa shape index (κ2) is 9.53. The van der Waals surface area contributed by atoms with Crippen LogP contribution < -0.4 is 10.2 Å². The zero-order valence-electron chi connectivity index (χ0n) is 18.2. The molecular weight excluding hydrogens is 408 g/mol. The van der Waals surface area contributed by atoms with E-state index in [0.717, 1.165) is 29.2 Å². The molecule has 33 heavy (non-hydrogen) atoms. The molecule has 0 aliphatic carbocycles. The standard InChI is InChI=1S/C29H24N2O2/c32-28-16-18-31(27-13-7-8-14-29(27)33-24-11-5-2-6-12-24)21-26(28)25-15-17-30-20-23(25)19-22-9-3-1-4-10-22/h1-18,21,23H,19-20H2. The molecule has 5 rings (SSSR count). The summed E-state index contributed by atoms with van der Waals surface area (Å²) in [5, 5.41) is 0. The van der Waals surface area contributed by atoms with E-state index in [4.69, 9.17) is 4.74 Å². The Morgan fingerprint density at radius 3 is 2.42 bits per heavy atom. The van der Waals surface area contributed by atoms with E-state index >= 15 is 0 Å². The van der Waals surface area contributed by atoms with Crippen molar-refractivity contribution in [3.63, 3.8) is 0 Å². The normalized spacial score (nSPS) is 15.2. The molecule has 1 aliphatic heterocycles. The number of ether oxygens (including phenoxy) is 1. The smallest absolute Gasteiger partial charge is 0.189 e. The largest absolute Gasteiger partial charge is 0.455 e. The molecule has 0 spiro atoms.